The topological polar surface area (TPSA) is 42.0 Å². The molecule has 5 heteroatoms. The lowest BCUT2D eigenvalue weighted by atomic mass is 10.0. The molecular formula is C22H36N2O3. The van der Waals surface area contributed by atoms with Crippen molar-refractivity contribution < 1.29 is 14.3 Å². The summed E-state index contributed by atoms with van der Waals surface area (Å²) in [6.07, 6.45) is 4.82. The van der Waals surface area contributed by atoms with Crippen molar-refractivity contribution in [2.75, 3.05) is 40.4 Å². The molecule has 1 aromatic carbocycles. The lowest BCUT2D eigenvalue weighted by Crippen LogP contribution is -2.41. The van der Waals surface area contributed by atoms with Crippen LogP contribution >= 0.6 is 0 Å². The molecule has 1 aliphatic rings. The van der Waals surface area contributed by atoms with Crippen molar-refractivity contribution in [3.05, 3.63) is 29.8 Å². The molecule has 1 unspecified atom stereocenters. The maximum Gasteiger partial charge on any atom is 0.222 e. The van der Waals surface area contributed by atoms with E-state index in [4.69, 9.17) is 9.47 Å². The SMILES string of the molecule is CCN(CCCC(=O)N1CCC(OC)CC1)C(C)Cc1ccc(OC)cc1. The van der Waals surface area contributed by atoms with Gasteiger partial charge in [0.15, 0.2) is 0 Å². The van der Waals surface area contributed by atoms with Crippen LogP contribution in [-0.2, 0) is 16.0 Å². The molecule has 0 aromatic heterocycles. The highest BCUT2D eigenvalue weighted by Gasteiger charge is 2.22. The Morgan fingerprint density at radius 1 is 1.22 bits per heavy atom. The van der Waals surface area contributed by atoms with Crippen molar-refractivity contribution in [1.29, 1.82) is 0 Å². The molecule has 152 valence electrons. The molecule has 27 heavy (non-hydrogen) atoms. The van der Waals surface area contributed by atoms with Crippen molar-refractivity contribution in [1.82, 2.24) is 9.80 Å². The number of ether oxygens (including phenoxy) is 2. The van der Waals surface area contributed by atoms with Gasteiger partial charge in [0.25, 0.3) is 0 Å². The number of carbonyl (C=O) groups excluding carboxylic acids is 1. The lowest BCUT2D eigenvalue weighted by molar-refractivity contribution is -0.133. The second kappa shape index (κ2) is 11.3. The highest BCUT2D eigenvalue weighted by atomic mass is 16.5. The Bertz CT molecular complexity index is 553. The van der Waals surface area contributed by atoms with Gasteiger partial charge in [0, 0.05) is 32.7 Å². The van der Waals surface area contributed by atoms with Crippen LogP contribution in [0, 0.1) is 0 Å². The summed E-state index contributed by atoms with van der Waals surface area (Å²) < 4.78 is 10.6. The predicted molar refractivity (Wildman–Crippen MR) is 109 cm³/mol. The predicted octanol–water partition coefficient (Wildman–Crippen LogP) is 3.37. The molecule has 1 saturated heterocycles. The molecule has 0 N–H and O–H groups in total. The summed E-state index contributed by atoms with van der Waals surface area (Å²) in [5.41, 5.74) is 1.32. The minimum Gasteiger partial charge on any atom is -0.497 e. The van der Waals surface area contributed by atoms with Crippen LogP contribution in [-0.4, -0.2) is 68.3 Å². The van der Waals surface area contributed by atoms with Crippen molar-refractivity contribution in [2.45, 2.75) is 58.1 Å². The number of likely N-dealkylation sites (N-methyl/N-ethyl adjacent to an activating group) is 1. The first-order chi connectivity index (χ1) is 13.1. The number of piperidine rings is 1. The molecule has 0 bridgehead atoms. The van der Waals surface area contributed by atoms with Gasteiger partial charge in [0.05, 0.1) is 13.2 Å². The molecular weight excluding hydrogens is 340 g/mol. The number of benzene rings is 1. The van der Waals surface area contributed by atoms with E-state index in [-0.39, 0.29) is 0 Å². The van der Waals surface area contributed by atoms with Crippen molar-refractivity contribution in [3.8, 4) is 5.75 Å². The number of amides is 1. The Morgan fingerprint density at radius 2 is 1.89 bits per heavy atom. The monoisotopic (exact) mass is 376 g/mol. The Labute approximate surface area is 164 Å². The van der Waals surface area contributed by atoms with Gasteiger partial charge in [-0.2, -0.15) is 0 Å². The van der Waals surface area contributed by atoms with E-state index in [0.717, 1.165) is 57.6 Å². The van der Waals surface area contributed by atoms with Gasteiger partial charge in [-0.25, -0.2) is 0 Å². The first kappa shape index (κ1) is 21.7. The van der Waals surface area contributed by atoms with E-state index < -0.39 is 0 Å². The summed E-state index contributed by atoms with van der Waals surface area (Å²) in [6.45, 7) is 8.11. The number of nitrogens with zero attached hydrogens (tertiary/aromatic N) is 2. The van der Waals surface area contributed by atoms with Gasteiger partial charge in [-0.05, 0) is 63.4 Å². The quantitative estimate of drug-likeness (QED) is 0.628. The Balaban J connectivity index is 1.72. The molecule has 1 heterocycles. The zero-order valence-electron chi connectivity index (χ0n) is 17.4. The van der Waals surface area contributed by atoms with Crippen LogP contribution in [0.3, 0.4) is 0 Å². The standard InChI is InChI=1S/C22H36N2O3/c1-5-23(18(2)17-19-8-10-20(26-3)11-9-19)14-6-7-22(25)24-15-12-21(27-4)13-16-24/h8-11,18,21H,5-7,12-17H2,1-4H3. The minimum atomic E-state index is 0.295. The van der Waals surface area contributed by atoms with E-state index >= 15 is 0 Å². The summed E-state index contributed by atoms with van der Waals surface area (Å²) >= 11 is 0. The fourth-order valence-electron chi connectivity index (χ4n) is 3.85. The molecule has 1 aromatic rings. The molecule has 1 fully saturated rings. The second-order valence-corrected chi connectivity index (χ2v) is 7.45. The van der Waals surface area contributed by atoms with Gasteiger partial charge >= 0.3 is 0 Å². The van der Waals surface area contributed by atoms with Gasteiger partial charge in [0.2, 0.25) is 5.91 Å². The normalized spacial score (nSPS) is 16.6. The molecule has 1 atom stereocenters. The minimum absolute atomic E-state index is 0.295. The number of methoxy groups -OCH3 is 2. The summed E-state index contributed by atoms with van der Waals surface area (Å²) in [4.78, 5) is 16.9. The first-order valence-corrected chi connectivity index (χ1v) is 10.2. The van der Waals surface area contributed by atoms with Gasteiger partial charge in [0.1, 0.15) is 5.75 Å². The van der Waals surface area contributed by atoms with E-state index in [1.807, 2.05) is 17.0 Å². The maximum atomic E-state index is 12.4. The summed E-state index contributed by atoms with van der Waals surface area (Å²) in [7, 11) is 3.45. The summed E-state index contributed by atoms with van der Waals surface area (Å²) in [5, 5.41) is 0. The molecule has 5 nitrogen and oxygen atoms in total. The second-order valence-electron chi connectivity index (χ2n) is 7.45. The van der Waals surface area contributed by atoms with E-state index in [2.05, 4.69) is 30.9 Å². The third-order valence-electron chi connectivity index (χ3n) is 5.68. The number of hydrogen-bond donors (Lipinski definition) is 0. The summed E-state index contributed by atoms with van der Waals surface area (Å²) in [5.74, 6) is 1.19. The van der Waals surface area contributed by atoms with Crippen LogP contribution in [0.4, 0.5) is 0 Å². The zero-order valence-corrected chi connectivity index (χ0v) is 17.4. The Morgan fingerprint density at radius 3 is 2.44 bits per heavy atom. The van der Waals surface area contributed by atoms with Crippen molar-refractivity contribution >= 4 is 5.91 Å². The first-order valence-electron chi connectivity index (χ1n) is 10.2. The van der Waals surface area contributed by atoms with Gasteiger partial charge in [-0.15, -0.1) is 0 Å². The van der Waals surface area contributed by atoms with Crippen LogP contribution in [0.2, 0.25) is 0 Å². The van der Waals surface area contributed by atoms with E-state index in [1.165, 1.54) is 5.56 Å². The fourth-order valence-corrected chi connectivity index (χ4v) is 3.85. The third kappa shape index (κ3) is 6.82. The number of hydrogen-bond acceptors (Lipinski definition) is 4. The van der Waals surface area contributed by atoms with Crippen LogP contribution in [0.1, 0.15) is 45.1 Å². The lowest BCUT2D eigenvalue weighted by Gasteiger charge is -2.32. The molecule has 0 saturated carbocycles. The Kier molecular flexibility index (Phi) is 9.08. The van der Waals surface area contributed by atoms with Crippen molar-refractivity contribution in [2.24, 2.45) is 0 Å². The number of carbonyl (C=O) groups is 1. The molecule has 0 aliphatic carbocycles. The highest BCUT2D eigenvalue weighted by Crippen LogP contribution is 2.16. The summed E-state index contributed by atoms with van der Waals surface area (Å²) in [6, 6.07) is 8.76. The molecule has 0 radical (unpaired) electrons. The number of rotatable bonds is 10. The third-order valence-corrected chi connectivity index (χ3v) is 5.68. The largest absolute Gasteiger partial charge is 0.497 e. The van der Waals surface area contributed by atoms with Crippen LogP contribution < -0.4 is 4.74 Å². The van der Waals surface area contributed by atoms with Crippen LogP contribution in [0.5, 0.6) is 5.75 Å². The van der Waals surface area contributed by atoms with Crippen LogP contribution in [0.25, 0.3) is 0 Å². The van der Waals surface area contributed by atoms with Gasteiger partial charge < -0.3 is 19.3 Å². The average molecular weight is 377 g/mol. The van der Waals surface area contributed by atoms with E-state index in [0.29, 0.717) is 24.5 Å². The van der Waals surface area contributed by atoms with Crippen molar-refractivity contribution in [3.63, 3.8) is 0 Å². The highest BCUT2D eigenvalue weighted by molar-refractivity contribution is 5.76. The molecule has 1 amide bonds. The number of likely N-dealkylation sites (tertiary alicyclic amines) is 1. The van der Waals surface area contributed by atoms with Gasteiger partial charge in [-0.3, -0.25) is 4.79 Å². The fraction of sp³-hybridized carbons (Fsp3) is 0.682. The van der Waals surface area contributed by atoms with E-state index in [1.54, 1.807) is 14.2 Å². The maximum absolute atomic E-state index is 12.4. The van der Waals surface area contributed by atoms with Crippen LogP contribution in [0.15, 0.2) is 24.3 Å². The molecule has 0 spiro atoms. The van der Waals surface area contributed by atoms with Gasteiger partial charge in [-0.1, -0.05) is 19.1 Å². The van der Waals surface area contributed by atoms with E-state index in [9.17, 15) is 4.79 Å². The zero-order chi connectivity index (χ0) is 19.6. The molecule has 2 rings (SSSR count). The Hall–Kier alpha value is -1.59. The smallest absolute Gasteiger partial charge is 0.222 e. The molecule has 1 aliphatic heterocycles. The average Bonchev–Trinajstić information content (AvgIpc) is 2.71.